The molecule has 0 N–H and O–H groups in total. The molecule has 0 heterocycles. The minimum absolute atomic E-state index is 0.0231. The molecule has 0 aromatic rings. The van der Waals surface area contributed by atoms with Gasteiger partial charge in [-0.05, 0) is 32.1 Å². The van der Waals surface area contributed by atoms with E-state index < -0.39 is 0 Å². The first kappa shape index (κ1) is 5.97. The number of nitrogens with zero attached hydrogens (tertiary/aromatic N) is 1. The van der Waals surface area contributed by atoms with Gasteiger partial charge in [-0.15, -0.1) is 0 Å². The van der Waals surface area contributed by atoms with Crippen molar-refractivity contribution < 1.29 is 0 Å². The molecule has 0 aromatic carbocycles. The first-order valence-corrected chi connectivity index (χ1v) is 3.87. The highest BCUT2D eigenvalue weighted by Crippen LogP contribution is 2.52. The van der Waals surface area contributed by atoms with Crippen LogP contribution in [0.25, 0.3) is 0 Å². The third-order valence-electron chi connectivity index (χ3n) is 3.01. The minimum Gasteiger partial charge on any atom is -0.197 e. The van der Waals surface area contributed by atoms with Crippen molar-refractivity contribution in [2.75, 3.05) is 0 Å². The van der Waals surface area contributed by atoms with Crippen molar-refractivity contribution >= 4 is 0 Å². The molecule has 0 aromatic heterocycles. The number of rotatable bonds is 0. The van der Waals surface area contributed by atoms with Crippen molar-refractivity contribution in [1.82, 2.24) is 0 Å². The van der Waals surface area contributed by atoms with E-state index in [1.807, 2.05) is 0 Å². The molecule has 0 saturated heterocycles. The minimum atomic E-state index is -0.0231. The van der Waals surface area contributed by atoms with Gasteiger partial charge >= 0.3 is 0 Å². The predicted octanol–water partition coefficient (Wildman–Crippen LogP) is 2.26. The second-order valence-corrected chi connectivity index (χ2v) is 3.55. The molecule has 0 amide bonds. The zero-order valence-corrected chi connectivity index (χ0v) is 6.22. The van der Waals surface area contributed by atoms with Crippen LogP contribution >= 0.6 is 0 Å². The van der Waals surface area contributed by atoms with Gasteiger partial charge in [-0.2, -0.15) is 5.26 Å². The molecule has 52 valence electrons. The lowest BCUT2D eigenvalue weighted by Crippen LogP contribution is -2.12. The Morgan fingerprint density at radius 2 is 2.60 bits per heavy atom. The summed E-state index contributed by atoms with van der Waals surface area (Å²) in [7, 11) is 0. The fourth-order valence-corrected chi connectivity index (χ4v) is 2.29. The van der Waals surface area contributed by atoms with E-state index in [2.05, 4.69) is 19.1 Å². The van der Waals surface area contributed by atoms with Gasteiger partial charge in [0.1, 0.15) is 0 Å². The van der Waals surface area contributed by atoms with E-state index in [1.54, 1.807) is 0 Å². The summed E-state index contributed by atoms with van der Waals surface area (Å²) < 4.78 is 0. The number of hydrogen-bond acceptors (Lipinski definition) is 1. The molecule has 2 atom stereocenters. The van der Waals surface area contributed by atoms with Crippen LogP contribution in [0, 0.1) is 22.7 Å². The topological polar surface area (TPSA) is 23.8 Å². The van der Waals surface area contributed by atoms with Crippen LogP contribution in [0.1, 0.15) is 26.2 Å². The average Bonchev–Trinajstić information content (AvgIpc) is 2.44. The number of allylic oxidation sites excluding steroid dienone is 2. The summed E-state index contributed by atoms with van der Waals surface area (Å²) in [4.78, 5) is 0. The quantitative estimate of drug-likeness (QED) is 0.465. The van der Waals surface area contributed by atoms with Crippen molar-refractivity contribution in [3.8, 4) is 6.07 Å². The molecule has 1 fully saturated rings. The normalized spacial score (nSPS) is 43.2. The second kappa shape index (κ2) is 1.63. The van der Waals surface area contributed by atoms with Gasteiger partial charge in [0.25, 0.3) is 0 Å². The highest BCUT2D eigenvalue weighted by molar-refractivity contribution is 5.31. The maximum atomic E-state index is 8.92. The van der Waals surface area contributed by atoms with Gasteiger partial charge in [0.2, 0.25) is 0 Å². The summed E-state index contributed by atoms with van der Waals surface area (Å²) in [6.07, 6.45) is 5.74. The maximum absolute atomic E-state index is 8.92. The van der Waals surface area contributed by atoms with Crippen LogP contribution in [-0.2, 0) is 0 Å². The van der Waals surface area contributed by atoms with Crippen molar-refractivity contribution in [2.45, 2.75) is 26.2 Å². The molecule has 10 heavy (non-hydrogen) atoms. The summed E-state index contributed by atoms with van der Waals surface area (Å²) >= 11 is 0. The van der Waals surface area contributed by atoms with Crippen LogP contribution in [0.15, 0.2) is 11.6 Å². The van der Waals surface area contributed by atoms with Crippen LogP contribution < -0.4 is 0 Å². The van der Waals surface area contributed by atoms with Crippen LogP contribution in [0.4, 0.5) is 0 Å². The third-order valence-corrected chi connectivity index (χ3v) is 3.01. The first-order chi connectivity index (χ1) is 4.77. The average molecular weight is 133 g/mol. The standard InChI is InChI=1S/C9H11N/c1-7-4-8-2-3-9(7,5-8)6-10/h4,8H,2-3,5H2,1H3. The van der Waals surface area contributed by atoms with Crippen LogP contribution in [0.2, 0.25) is 0 Å². The highest BCUT2D eigenvalue weighted by Gasteiger charge is 2.44. The zero-order valence-electron chi connectivity index (χ0n) is 6.22. The second-order valence-electron chi connectivity index (χ2n) is 3.55. The van der Waals surface area contributed by atoms with Crippen molar-refractivity contribution in [3.05, 3.63) is 11.6 Å². The van der Waals surface area contributed by atoms with E-state index in [-0.39, 0.29) is 5.41 Å². The van der Waals surface area contributed by atoms with E-state index in [1.165, 1.54) is 12.0 Å². The summed E-state index contributed by atoms with van der Waals surface area (Å²) in [5.74, 6) is 0.736. The lowest BCUT2D eigenvalue weighted by molar-refractivity contribution is 0.506. The van der Waals surface area contributed by atoms with Crippen LogP contribution in [0.5, 0.6) is 0 Å². The molecule has 0 aliphatic heterocycles. The molecular formula is C9H11N. The Morgan fingerprint density at radius 1 is 1.80 bits per heavy atom. The summed E-state index contributed by atoms with van der Waals surface area (Å²) in [6, 6.07) is 2.45. The van der Waals surface area contributed by atoms with E-state index in [0.717, 1.165) is 18.8 Å². The fraction of sp³-hybridized carbons (Fsp3) is 0.667. The van der Waals surface area contributed by atoms with Gasteiger partial charge in [-0.3, -0.25) is 0 Å². The summed E-state index contributed by atoms with van der Waals surface area (Å²) in [5.41, 5.74) is 1.30. The Kier molecular flexibility index (Phi) is 0.976. The van der Waals surface area contributed by atoms with Gasteiger partial charge in [0.05, 0.1) is 11.5 Å². The molecule has 0 radical (unpaired) electrons. The lowest BCUT2D eigenvalue weighted by Gasteiger charge is -2.18. The molecule has 2 unspecified atom stereocenters. The molecule has 2 bridgehead atoms. The SMILES string of the molecule is CC1=CC2CCC1(C#N)C2. The predicted molar refractivity (Wildman–Crippen MR) is 39.1 cm³/mol. The van der Waals surface area contributed by atoms with E-state index in [0.29, 0.717) is 0 Å². The maximum Gasteiger partial charge on any atom is 0.0785 e. The fourth-order valence-electron chi connectivity index (χ4n) is 2.29. The van der Waals surface area contributed by atoms with Gasteiger partial charge in [0.15, 0.2) is 0 Å². The van der Waals surface area contributed by atoms with Crippen LogP contribution in [-0.4, -0.2) is 0 Å². The molecule has 1 saturated carbocycles. The lowest BCUT2D eigenvalue weighted by atomic mass is 9.83. The Balaban J connectivity index is 2.42. The van der Waals surface area contributed by atoms with Gasteiger partial charge < -0.3 is 0 Å². The molecular weight excluding hydrogens is 122 g/mol. The Labute approximate surface area is 61.4 Å². The zero-order chi connectivity index (χ0) is 7.19. The van der Waals surface area contributed by atoms with E-state index in [4.69, 9.17) is 5.26 Å². The monoisotopic (exact) mass is 133 g/mol. The molecule has 2 rings (SSSR count). The molecule has 2 aliphatic rings. The van der Waals surface area contributed by atoms with Crippen molar-refractivity contribution in [2.24, 2.45) is 11.3 Å². The van der Waals surface area contributed by atoms with Crippen LogP contribution in [0.3, 0.4) is 0 Å². The van der Waals surface area contributed by atoms with Gasteiger partial charge in [0, 0.05) is 0 Å². The molecule has 0 spiro atoms. The van der Waals surface area contributed by atoms with Crippen molar-refractivity contribution in [3.63, 3.8) is 0 Å². The Hall–Kier alpha value is -0.770. The van der Waals surface area contributed by atoms with E-state index in [9.17, 15) is 0 Å². The van der Waals surface area contributed by atoms with Crippen molar-refractivity contribution in [1.29, 1.82) is 5.26 Å². The van der Waals surface area contributed by atoms with E-state index >= 15 is 0 Å². The summed E-state index contributed by atoms with van der Waals surface area (Å²) in [6.45, 7) is 2.10. The number of nitriles is 1. The third kappa shape index (κ3) is 0.520. The van der Waals surface area contributed by atoms with Gasteiger partial charge in [-0.25, -0.2) is 0 Å². The molecule has 1 nitrogen and oxygen atoms in total. The number of hydrogen-bond donors (Lipinski definition) is 0. The molecule has 2 aliphatic carbocycles. The molecule has 1 heteroatoms. The smallest absolute Gasteiger partial charge is 0.0785 e. The summed E-state index contributed by atoms with van der Waals surface area (Å²) in [5, 5.41) is 8.92. The largest absolute Gasteiger partial charge is 0.197 e. The van der Waals surface area contributed by atoms with Gasteiger partial charge in [-0.1, -0.05) is 11.6 Å². The number of fused-ring (bicyclic) bond motifs is 2. The Morgan fingerprint density at radius 3 is 2.90 bits per heavy atom. The highest BCUT2D eigenvalue weighted by atomic mass is 14.5. The Bertz CT molecular complexity index is 234. The first-order valence-electron chi connectivity index (χ1n) is 3.87.